The molecule has 1 amide bonds. The zero-order valence-electron chi connectivity index (χ0n) is 16.2. The number of fused-ring (bicyclic) bond motifs is 2. The zero-order chi connectivity index (χ0) is 20.6. The Balaban J connectivity index is 1.44. The van der Waals surface area contributed by atoms with E-state index < -0.39 is 5.60 Å². The van der Waals surface area contributed by atoms with Gasteiger partial charge in [0.25, 0.3) is 5.56 Å². The van der Waals surface area contributed by atoms with Crippen LogP contribution in [0.2, 0.25) is 0 Å². The van der Waals surface area contributed by atoms with Gasteiger partial charge in [-0.3, -0.25) is 14.4 Å². The molecule has 1 aliphatic rings. The molecular formula is C22H21N3O4. The van der Waals surface area contributed by atoms with Crippen LogP contribution >= 0.6 is 0 Å². The maximum Gasteiger partial charge on any atom is 0.270 e. The van der Waals surface area contributed by atoms with E-state index in [0.29, 0.717) is 33.7 Å². The predicted octanol–water partition coefficient (Wildman–Crippen LogP) is 3.24. The molecule has 0 atom stereocenters. The number of ether oxygens (including phenoxy) is 1. The summed E-state index contributed by atoms with van der Waals surface area (Å²) < 4.78 is 5.82. The highest BCUT2D eigenvalue weighted by Gasteiger charge is 2.32. The third kappa shape index (κ3) is 4.03. The van der Waals surface area contributed by atoms with Gasteiger partial charge in [-0.15, -0.1) is 0 Å². The number of aryl methyl sites for hydroxylation is 1. The summed E-state index contributed by atoms with van der Waals surface area (Å²) in [7, 11) is 0. The van der Waals surface area contributed by atoms with Gasteiger partial charge in [0.15, 0.2) is 5.78 Å². The Morgan fingerprint density at radius 2 is 2.00 bits per heavy atom. The summed E-state index contributed by atoms with van der Waals surface area (Å²) in [6.07, 6.45) is 0.601. The first-order valence-corrected chi connectivity index (χ1v) is 9.45. The minimum absolute atomic E-state index is 0.0146. The van der Waals surface area contributed by atoms with Gasteiger partial charge in [-0.2, -0.15) is 0 Å². The first-order chi connectivity index (χ1) is 13.8. The van der Waals surface area contributed by atoms with Crippen molar-refractivity contribution in [2.45, 2.75) is 38.7 Å². The second kappa shape index (κ2) is 7.16. The molecule has 0 radical (unpaired) electrons. The maximum atomic E-state index is 12.4. The van der Waals surface area contributed by atoms with Crippen molar-refractivity contribution < 1.29 is 14.3 Å². The average molecular weight is 391 g/mol. The zero-order valence-corrected chi connectivity index (χ0v) is 16.2. The van der Waals surface area contributed by atoms with Crippen molar-refractivity contribution in [3.8, 4) is 5.75 Å². The number of carbonyl (C=O) groups excluding carboxylic acids is 2. The van der Waals surface area contributed by atoms with Crippen LogP contribution in [-0.4, -0.2) is 27.3 Å². The molecule has 2 aromatic carbocycles. The van der Waals surface area contributed by atoms with Crippen LogP contribution in [0.25, 0.3) is 11.0 Å². The van der Waals surface area contributed by atoms with Gasteiger partial charge in [-0.25, -0.2) is 4.98 Å². The number of carbonyl (C=O) groups is 2. The van der Waals surface area contributed by atoms with E-state index in [2.05, 4.69) is 15.3 Å². The van der Waals surface area contributed by atoms with E-state index in [1.165, 1.54) is 0 Å². The molecule has 1 aliphatic heterocycles. The fraction of sp³-hybridized carbons (Fsp3) is 0.273. The van der Waals surface area contributed by atoms with Gasteiger partial charge in [0.2, 0.25) is 5.91 Å². The van der Waals surface area contributed by atoms with Crippen molar-refractivity contribution in [3.63, 3.8) is 0 Å². The van der Waals surface area contributed by atoms with E-state index in [4.69, 9.17) is 4.74 Å². The number of aromatic amines is 1. The van der Waals surface area contributed by atoms with Crippen LogP contribution in [-0.2, 0) is 11.2 Å². The Morgan fingerprint density at radius 3 is 2.83 bits per heavy atom. The summed E-state index contributed by atoms with van der Waals surface area (Å²) in [5, 5.41) is 2.77. The number of amides is 1. The van der Waals surface area contributed by atoms with Gasteiger partial charge in [0.05, 0.1) is 23.0 Å². The lowest BCUT2D eigenvalue weighted by atomic mass is 9.93. The number of aromatic nitrogens is 2. The molecule has 3 aromatic rings. The second-order valence-electron chi connectivity index (χ2n) is 7.75. The van der Waals surface area contributed by atoms with Gasteiger partial charge in [0.1, 0.15) is 17.0 Å². The number of hydrogen-bond donors (Lipinski definition) is 2. The SMILES string of the molecule is CC1(C)CC(=O)c2cc(NC(=O)CCc3nc4ccccc4[nH]c3=O)ccc2O1. The molecule has 0 aliphatic carbocycles. The number of hydrogen-bond acceptors (Lipinski definition) is 5. The molecule has 7 nitrogen and oxygen atoms in total. The van der Waals surface area contributed by atoms with Crippen molar-refractivity contribution in [1.29, 1.82) is 0 Å². The molecule has 2 N–H and O–H groups in total. The average Bonchev–Trinajstić information content (AvgIpc) is 2.66. The molecule has 0 spiro atoms. The smallest absolute Gasteiger partial charge is 0.270 e. The highest BCUT2D eigenvalue weighted by Crippen LogP contribution is 2.34. The van der Waals surface area contributed by atoms with Crippen molar-refractivity contribution in [1.82, 2.24) is 9.97 Å². The summed E-state index contributed by atoms with van der Waals surface area (Å²) in [6, 6.07) is 12.3. The van der Waals surface area contributed by atoms with Crippen LogP contribution in [0, 0.1) is 0 Å². The largest absolute Gasteiger partial charge is 0.487 e. The molecule has 29 heavy (non-hydrogen) atoms. The Hall–Kier alpha value is -3.48. The summed E-state index contributed by atoms with van der Waals surface area (Å²) >= 11 is 0. The lowest BCUT2D eigenvalue weighted by Gasteiger charge is -2.31. The van der Waals surface area contributed by atoms with Crippen LogP contribution < -0.4 is 15.6 Å². The van der Waals surface area contributed by atoms with Crippen LogP contribution in [0.4, 0.5) is 5.69 Å². The lowest BCUT2D eigenvalue weighted by molar-refractivity contribution is -0.116. The number of benzene rings is 2. The molecular weight excluding hydrogens is 370 g/mol. The number of nitrogens with zero attached hydrogens (tertiary/aromatic N) is 1. The van der Waals surface area contributed by atoms with Gasteiger partial charge in [-0.1, -0.05) is 12.1 Å². The fourth-order valence-electron chi connectivity index (χ4n) is 3.42. The molecule has 0 saturated carbocycles. The minimum Gasteiger partial charge on any atom is -0.487 e. The molecule has 7 heteroatoms. The Labute approximate surface area is 167 Å². The number of rotatable bonds is 4. The first kappa shape index (κ1) is 18.9. The second-order valence-corrected chi connectivity index (χ2v) is 7.75. The van der Waals surface area contributed by atoms with Crippen molar-refractivity contribution in [2.24, 2.45) is 0 Å². The summed E-state index contributed by atoms with van der Waals surface area (Å²) in [6.45, 7) is 3.73. The van der Waals surface area contributed by atoms with E-state index in [1.54, 1.807) is 24.3 Å². The topological polar surface area (TPSA) is 101 Å². The van der Waals surface area contributed by atoms with Gasteiger partial charge >= 0.3 is 0 Å². The molecule has 2 heterocycles. The Kier molecular flexibility index (Phi) is 4.66. The van der Waals surface area contributed by atoms with Gasteiger partial charge in [-0.05, 0) is 44.2 Å². The highest BCUT2D eigenvalue weighted by atomic mass is 16.5. The van der Waals surface area contributed by atoms with E-state index in [0.717, 1.165) is 0 Å². The monoisotopic (exact) mass is 391 g/mol. The fourth-order valence-corrected chi connectivity index (χ4v) is 3.42. The van der Waals surface area contributed by atoms with Crippen LogP contribution in [0.5, 0.6) is 5.75 Å². The van der Waals surface area contributed by atoms with E-state index in [9.17, 15) is 14.4 Å². The third-order valence-electron chi connectivity index (χ3n) is 4.79. The normalized spacial score (nSPS) is 14.9. The number of para-hydroxylation sites is 2. The third-order valence-corrected chi connectivity index (χ3v) is 4.79. The van der Waals surface area contributed by atoms with Crippen LogP contribution in [0.3, 0.4) is 0 Å². The number of ketones is 1. The van der Waals surface area contributed by atoms with Crippen molar-refractivity contribution >= 4 is 28.4 Å². The van der Waals surface area contributed by atoms with Crippen molar-refractivity contribution in [2.75, 3.05) is 5.32 Å². The number of nitrogens with one attached hydrogen (secondary N) is 2. The van der Waals surface area contributed by atoms with E-state index >= 15 is 0 Å². The Morgan fingerprint density at radius 1 is 1.21 bits per heavy atom. The van der Waals surface area contributed by atoms with Crippen molar-refractivity contribution in [3.05, 3.63) is 64.1 Å². The number of Topliss-reactive ketones (excluding diaryl/α,β-unsaturated/α-hetero) is 1. The minimum atomic E-state index is -0.533. The molecule has 0 fully saturated rings. The highest BCUT2D eigenvalue weighted by molar-refractivity contribution is 6.02. The van der Waals surface area contributed by atoms with Gasteiger partial charge < -0.3 is 15.0 Å². The summed E-state index contributed by atoms with van der Waals surface area (Å²) in [4.78, 5) is 44.0. The molecule has 4 rings (SSSR count). The first-order valence-electron chi connectivity index (χ1n) is 9.45. The van der Waals surface area contributed by atoms with Gasteiger partial charge in [0, 0.05) is 18.5 Å². The maximum absolute atomic E-state index is 12.4. The molecule has 1 aromatic heterocycles. The predicted molar refractivity (Wildman–Crippen MR) is 109 cm³/mol. The van der Waals surface area contributed by atoms with E-state index in [-0.39, 0.29) is 36.5 Å². The quantitative estimate of drug-likeness (QED) is 0.711. The van der Waals surface area contributed by atoms with E-state index in [1.807, 2.05) is 32.0 Å². The molecule has 0 unspecified atom stereocenters. The molecule has 0 bridgehead atoms. The number of H-pyrrole nitrogens is 1. The van der Waals surface area contributed by atoms with Crippen LogP contribution in [0.15, 0.2) is 47.3 Å². The van der Waals surface area contributed by atoms with Crippen LogP contribution in [0.1, 0.15) is 42.7 Å². The molecule has 0 saturated heterocycles. The standard InChI is InChI=1S/C22H21N3O4/c1-22(2)12-18(26)14-11-13(7-9-19(14)29-22)23-20(27)10-8-17-21(28)25-16-6-4-3-5-15(16)24-17/h3-7,9,11H,8,10,12H2,1-2H3,(H,23,27)(H,25,28). The summed E-state index contributed by atoms with van der Waals surface area (Å²) in [5.74, 6) is 0.249. The number of anilines is 1. The lowest BCUT2D eigenvalue weighted by Crippen LogP contribution is -2.35. The summed E-state index contributed by atoms with van der Waals surface area (Å²) in [5.41, 5.74) is 1.81. The molecule has 148 valence electrons. The Bertz CT molecular complexity index is 1180.